The molecular formula is C21H29IN8O. The molecule has 2 aromatic heterocycles. The third-order valence-electron chi connectivity index (χ3n) is 5.28. The van der Waals surface area contributed by atoms with Crippen molar-refractivity contribution in [3.8, 4) is 17.1 Å². The number of aliphatic imine (C=N–C) groups is 1. The number of aromatic nitrogens is 5. The van der Waals surface area contributed by atoms with E-state index in [0.717, 1.165) is 49.2 Å². The first-order valence-electron chi connectivity index (χ1n) is 10.2. The molecule has 2 N–H and O–H groups in total. The first-order valence-corrected chi connectivity index (χ1v) is 10.2. The van der Waals surface area contributed by atoms with Gasteiger partial charge in [-0.25, -0.2) is 9.98 Å². The van der Waals surface area contributed by atoms with E-state index in [9.17, 15) is 0 Å². The van der Waals surface area contributed by atoms with Gasteiger partial charge in [-0.3, -0.25) is 9.78 Å². The van der Waals surface area contributed by atoms with Crippen molar-refractivity contribution in [1.29, 1.82) is 0 Å². The van der Waals surface area contributed by atoms with Crippen LogP contribution in [0.4, 0.5) is 0 Å². The van der Waals surface area contributed by atoms with E-state index >= 15 is 0 Å². The van der Waals surface area contributed by atoms with Gasteiger partial charge in [0.1, 0.15) is 18.1 Å². The Morgan fingerprint density at radius 2 is 2.13 bits per heavy atom. The highest BCUT2D eigenvalue weighted by atomic mass is 127. The second-order valence-electron chi connectivity index (χ2n) is 7.38. The van der Waals surface area contributed by atoms with Gasteiger partial charge in [-0.1, -0.05) is 0 Å². The minimum atomic E-state index is 0. The summed E-state index contributed by atoms with van der Waals surface area (Å²) in [6.45, 7) is 5.25. The lowest BCUT2D eigenvalue weighted by molar-refractivity contribution is 0.415. The molecule has 0 bridgehead atoms. The molecule has 9 nitrogen and oxygen atoms in total. The summed E-state index contributed by atoms with van der Waals surface area (Å²) in [4.78, 5) is 11.7. The first-order chi connectivity index (χ1) is 14.7. The number of hydrogen-bond acceptors (Lipinski definition) is 5. The molecule has 1 aromatic carbocycles. The Bertz CT molecular complexity index is 997. The van der Waals surface area contributed by atoms with Crippen LogP contribution >= 0.6 is 24.0 Å². The molecule has 1 saturated heterocycles. The molecule has 1 aliphatic rings. The topological polar surface area (TPSA) is 96.2 Å². The van der Waals surface area contributed by atoms with Crippen LogP contribution in [0.3, 0.4) is 0 Å². The van der Waals surface area contributed by atoms with Crippen LogP contribution in [-0.4, -0.2) is 62.6 Å². The molecule has 0 radical (unpaired) electrons. The number of nitrogens with zero attached hydrogens (tertiary/aromatic N) is 6. The van der Waals surface area contributed by atoms with Gasteiger partial charge in [-0.05, 0) is 43.2 Å². The van der Waals surface area contributed by atoms with Gasteiger partial charge in [0.05, 0.1) is 13.3 Å². The molecule has 3 heterocycles. The summed E-state index contributed by atoms with van der Waals surface area (Å²) >= 11 is 0. The molecule has 0 spiro atoms. The van der Waals surface area contributed by atoms with Crippen molar-refractivity contribution in [2.75, 3.05) is 26.7 Å². The lowest BCUT2D eigenvalue weighted by atomic mass is 10.0. The molecular weight excluding hydrogens is 507 g/mol. The van der Waals surface area contributed by atoms with Crippen LogP contribution in [0.15, 0.2) is 41.7 Å². The third kappa shape index (κ3) is 5.54. The first kappa shape index (κ1) is 23.0. The number of hydrogen-bond donors (Lipinski definition) is 2. The van der Waals surface area contributed by atoms with Crippen molar-refractivity contribution < 1.29 is 4.74 Å². The molecule has 0 aliphatic carbocycles. The highest BCUT2D eigenvalue weighted by molar-refractivity contribution is 14.0. The lowest BCUT2D eigenvalue weighted by Gasteiger charge is -2.21. The van der Waals surface area contributed by atoms with Crippen molar-refractivity contribution >= 4 is 29.9 Å². The standard InChI is InChI=1S/C21H28N8O.HI/c1-4-22-21(29-10-9-16(14-29)17-11-24-28(2)13-17)23-12-19-25-20(27-26-19)15-5-7-18(30-3)8-6-15;/h5-8,11,13,16H,4,9-10,12,14H2,1-3H3,(H,22,23)(H,25,26,27);1H. The van der Waals surface area contributed by atoms with Gasteiger partial charge < -0.3 is 15.0 Å². The van der Waals surface area contributed by atoms with Crippen LogP contribution in [-0.2, 0) is 13.6 Å². The number of methoxy groups -OCH3 is 1. The average molecular weight is 536 g/mol. The van der Waals surface area contributed by atoms with Crippen molar-refractivity contribution in [2.24, 2.45) is 12.0 Å². The monoisotopic (exact) mass is 536 g/mol. The van der Waals surface area contributed by atoms with Crippen LogP contribution in [0.2, 0.25) is 0 Å². The van der Waals surface area contributed by atoms with Crippen LogP contribution < -0.4 is 10.1 Å². The number of halogens is 1. The highest BCUT2D eigenvalue weighted by Gasteiger charge is 2.27. The zero-order valence-electron chi connectivity index (χ0n) is 18.1. The molecule has 1 fully saturated rings. The Labute approximate surface area is 199 Å². The van der Waals surface area contributed by atoms with Gasteiger partial charge in [0.2, 0.25) is 0 Å². The summed E-state index contributed by atoms with van der Waals surface area (Å²) in [7, 11) is 3.61. The fourth-order valence-corrected chi connectivity index (χ4v) is 3.69. The van der Waals surface area contributed by atoms with Gasteiger partial charge in [0.15, 0.2) is 11.8 Å². The largest absolute Gasteiger partial charge is 0.497 e. The molecule has 3 aromatic rings. The van der Waals surface area contributed by atoms with Gasteiger partial charge >= 0.3 is 0 Å². The number of benzene rings is 1. The number of likely N-dealkylation sites (tertiary alicyclic amines) is 1. The summed E-state index contributed by atoms with van der Waals surface area (Å²) in [5, 5.41) is 15.0. The molecule has 10 heteroatoms. The maximum atomic E-state index is 5.20. The van der Waals surface area contributed by atoms with Gasteiger partial charge in [-0.2, -0.15) is 10.2 Å². The Balaban J connectivity index is 0.00000272. The molecule has 0 amide bonds. The molecule has 4 rings (SSSR count). The van der Waals surface area contributed by atoms with Crippen LogP contribution in [0, 0.1) is 0 Å². The number of aryl methyl sites for hydroxylation is 1. The van der Waals surface area contributed by atoms with Crippen LogP contribution in [0.5, 0.6) is 5.75 Å². The van der Waals surface area contributed by atoms with E-state index in [0.29, 0.717) is 18.3 Å². The number of guanidine groups is 1. The molecule has 1 aliphatic heterocycles. The summed E-state index contributed by atoms with van der Waals surface area (Å²) in [5.74, 6) is 3.59. The SMILES string of the molecule is CCNC(=NCc1nc(-c2ccc(OC)cc2)n[nH]1)N1CCC(c2cnn(C)c2)C1.I. The predicted molar refractivity (Wildman–Crippen MR) is 131 cm³/mol. The molecule has 31 heavy (non-hydrogen) atoms. The van der Waals surface area contributed by atoms with E-state index < -0.39 is 0 Å². The number of nitrogens with one attached hydrogen (secondary N) is 2. The van der Waals surface area contributed by atoms with Gasteiger partial charge in [-0.15, -0.1) is 24.0 Å². The highest BCUT2D eigenvalue weighted by Crippen LogP contribution is 2.26. The zero-order valence-corrected chi connectivity index (χ0v) is 20.4. The number of ether oxygens (including phenoxy) is 1. The van der Waals surface area contributed by atoms with Gasteiger partial charge in [0.25, 0.3) is 0 Å². The Morgan fingerprint density at radius 1 is 1.32 bits per heavy atom. The number of rotatable bonds is 6. The minimum absolute atomic E-state index is 0. The second kappa shape index (κ2) is 10.6. The smallest absolute Gasteiger partial charge is 0.194 e. The molecule has 166 valence electrons. The second-order valence-corrected chi connectivity index (χ2v) is 7.38. The Hall–Kier alpha value is -2.63. The maximum Gasteiger partial charge on any atom is 0.194 e. The van der Waals surface area contributed by atoms with Crippen molar-refractivity contribution in [1.82, 2.24) is 35.2 Å². The summed E-state index contributed by atoms with van der Waals surface area (Å²) < 4.78 is 7.06. The van der Waals surface area contributed by atoms with Gasteiger partial charge in [0, 0.05) is 44.4 Å². The average Bonchev–Trinajstić information content (AvgIpc) is 3.52. The van der Waals surface area contributed by atoms with E-state index in [1.807, 2.05) is 42.2 Å². The fraction of sp³-hybridized carbons (Fsp3) is 0.429. The fourth-order valence-electron chi connectivity index (χ4n) is 3.69. The number of aromatic amines is 1. The van der Waals surface area contributed by atoms with E-state index in [2.05, 4.69) is 43.6 Å². The molecule has 1 atom stereocenters. The normalized spacial score (nSPS) is 16.3. The van der Waals surface area contributed by atoms with E-state index in [4.69, 9.17) is 9.73 Å². The van der Waals surface area contributed by atoms with Crippen LogP contribution in [0.1, 0.15) is 30.7 Å². The van der Waals surface area contributed by atoms with E-state index in [1.54, 1.807) is 7.11 Å². The quantitative estimate of drug-likeness (QED) is 0.286. The predicted octanol–water partition coefficient (Wildman–Crippen LogP) is 2.79. The lowest BCUT2D eigenvalue weighted by Crippen LogP contribution is -2.40. The molecule has 0 saturated carbocycles. The zero-order chi connectivity index (χ0) is 20.9. The van der Waals surface area contributed by atoms with Crippen molar-refractivity contribution in [3.63, 3.8) is 0 Å². The summed E-state index contributed by atoms with van der Waals surface area (Å²) in [6.07, 6.45) is 5.17. The summed E-state index contributed by atoms with van der Waals surface area (Å²) in [6, 6.07) is 7.70. The molecule has 1 unspecified atom stereocenters. The number of H-pyrrole nitrogens is 1. The van der Waals surface area contributed by atoms with Crippen molar-refractivity contribution in [2.45, 2.75) is 25.8 Å². The van der Waals surface area contributed by atoms with E-state index in [-0.39, 0.29) is 24.0 Å². The maximum absolute atomic E-state index is 5.20. The van der Waals surface area contributed by atoms with Crippen molar-refractivity contribution in [3.05, 3.63) is 48.0 Å². The Morgan fingerprint density at radius 3 is 2.81 bits per heavy atom. The third-order valence-corrected chi connectivity index (χ3v) is 5.28. The van der Waals surface area contributed by atoms with E-state index in [1.165, 1.54) is 5.56 Å². The Kier molecular flexibility index (Phi) is 7.88. The minimum Gasteiger partial charge on any atom is -0.497 e. The van der Waals surface area contributed by atoms with Crippen LogP contribution in [0.25, 0.3) is 11.4 Å². The summed E-state index contributed by atoms with van der Waals surface area (Å²) in [5.41, 5.74) is 2.23.